The van der Waals surface area contributed by atoms with Crippen LogP contribution in [0, 0.1) is 11.8 Å². The van der Waals surface area contributed by atoms with Gasteiger partial charge >= 0.3 is 5.97 Å². The Kier molecular flexibility index (Phi) is 2.94. The van der Waals surface area contributed by atoms with E-state index in [0.717, 1.165) is 6.07 Å². The fourth-order valence-corrected chi connectivity index (χ4v) is 1.45. The number of benzene rings is 1. The smallest absolute Gasteiger partial charge is 0.371 e. The summed E-state index contributed by atoms with van der Waals surface area (Å²) in [6, 6.07) is 5.33. The first-order chi connectivity index (χ1) is 8.61. The van der Waals surface area contributed by atoms with Gasteiger partial charge in [0.2, 0.25) is 5.76 Å². The SMILES string of the molecule is O=CC#Cc1ccc2oc(C(=O)O)cc(=O)c2c1. The van der Waals surface area contributed by atoms with Gasteiger partial charge in [-0.1, -0.05) is 5.92 Å². The molecule has 1 N–H and O–H groups in total. The molecule has 5 heteroatoms. The second kappa shape index (κ2) is 4.55. The van der Waals surface area contributed by atoms with E-state index in [-0.39, 0.29) is 11.0 Å². The lowest BCUT2D eigenvalue weighted by Crippen LogP contribution is -2.06. The maximum absolute atomic E-state index is 11.7. The van der Waals surface area contributed by atoms with Crippen molar-refractivity contribution in [3.05, 3.63) is 45.8 Å². The van der Waals surface area contributed by atoms with Crippen molar-refractivity contribution >= 4 is 23.2 Å². The quantitative estimate of drug-likeness (QED) is 0.596. The van der Waals surface area contributed by atoms with Crippen molar-refractivity contribution in [1.29, 1.82) is 0 Å². The molecule has 0 aliphatic carbocycles. The van der Waals surface area contributed by atoms with Gasteiger partial charge in [-0.15, -0.1) is 0 Å². The Bertz CT molecular complexity index is 758. The van der Waals surface area contributed by atoms with Crippen LogP contribution in [0.5, 0.6) is 0 Å². The van der Waals surface area contributed by atoms with Crippen molar-refractivity contribution in [2.24, 2.45) is 0 Å². The summed E-state index contributed by atoms with van der Waals surface area (Å²) in [6.07, 6.45) is 0.445. The van der Waals surface area contributed by atoms with E-state index < -0.39 is 17.2 Å². The zero-order valence-corrected chi connectivity index (χ0v) is 8.97. The van der Waals surface area contributed by atoms with Crippen molar-refractivity contribution in [1.82, 2.24) is 0 Å². The molecule has 1 aromatic carbocycles. The molecule has 1 heterocycles. The van der Waals surface area contributed by atoms with Gasteiger partial charge in [0.15, 0.2) is 11.7 Å². The molecule has 0 aliphatic rings. The molecular formula is C13H6O5. The molecule has 0 unspecified atom stereocenters. The topological polar surface area (TPSA) is 84.6 Å². The number of carboxylic acids is 1. The van der Waals surface area contributed by atoms with Gasteiger partial charge in [-0.2, -0.15) is 0 Å². The van der Waals surface area contributed by atoms with Crippen LogP contribution in [0.3, 0.4) is 0 Å². The van der Waals surface area contributed by atoms with Gasteiger partial charge in [0.05, 0.1) is 5.39 Å². The normalized spacial score (nSPS) is 9.56. The van der Waals surface area contributed by atoms with Crippen molar-refractivity contribution in [3.8, 4) is 11.8 Å². The third-order valence-electron chi connectivity index (χ3n) is 2.21. The average molecular weight is 242 g/mol. The molecule has 5 nitrogen and oxygen atoms in total. The number of hydrogen-bond donors (Lipinski definition) is 1. The summed E-state index contributed by atoms with van der Waals surface area (Å²) >= 11 is 0. The Morgan fingerprint density at radius 2 is 2.11 bits per heavy atom. The number of carboxylic acid groups (broad SMARTS) is 1. The molecule has 2 rings (SSSR count). The van der Waals surface area contributed by atoms with Crippen LogP contribution in [0.25, 0.3) is 11.0 Å². The fraction of sp³-hybridized carbons (Fsp3) is 0. The molecule has 0 saturated heterocycles. The van der Waals surface area contributed by atoms with Gasteiger partial charge in [0.25, 0.3) is 0 Å². The number of aldehydes is 1. The molecule has 0 spiro atoms. The summed E-state index contributed by atoms with van der Waals surface area (Å²) in [4.78, 5) is 32.5. The lowest BCUT2D eigenvalue weighted by Gasteiger charge is -1.99. The highest BCUT2D eigenvalue weighted by atomic mass is 16.4. The van der Waals surface area contributed by atoms with Crippen molar-refractivity contribution in [2.75, 3.05) is 0 Å². The van der Waals surface area contributed by atoms with E-state index in [1.807, 2.05) is 0 Å². The van der Waals surface area contributed by atoms with E-state index in [1.165, 1.54) is 18.2 Å². The van der Waals surface area contributed by atoms with E-state index in [1.54, 1.807) is 0 Å². The summed E-state index contributed by atoms with van der Waals surface area (Å²) in [6.45, 7) is 0. The summed E-state index contributed by atoms with van der Waals surface area (Å²) in [5.41, 5.74) is 0.171. The summed E-state index contributed by atoms with van der Waals surface area (Å²) in [5.74, 6) is 3.03. The van der Waals surface area contributed by atoms with Crippen LogP contribution in [-0.4, -0.2) is 17.4 Å². The minimum atomic E-state index is -1.31. The van der Waals surface area contributed by atoms with Gasteiger partial charge < -0.3 is 9.52 Å². The average Bonchev–Trinajstić information content (AvgIpc) is 2.36. The van der Waals surface area contributed by atoms with Gasteiger partial charge in [-0.05, 0) is 24.1 Å². The van der Waals surface area contributed by atoms with Crippen molar-refractivity contribution in [2.45, 2.75) is 0 Å². The molecule has 0 amide bonds. The number of carbonyl (C=O) groups excluding carboxylic acids is 1. The monoisotopic (exact) mass is 242 g/mol. The van der Waals surface area contributed by atoms with Crippen molar-refractivity contribution < 1.29 is 19.1 Å². The Labute approximate surface area is 101 Å². The van der Waals surface area contributed by atoms with E-state index in [9.17, 15) is 14.4 Å². The highest BCUT2D eigenvalue weighted by Gasteiger charge is 2.10. The van der Waals surface area contributed by atoms with E-state index in [4.69, 9.17) is 9.52 Å². The van der Waals surface area contributed by atoms with E-state index in [0.29, 0.717) is 11.8 Å². The van der Waals surface area contributed by atoms with Crippen LogP contribution in [0.15, 0.2) is 33.5 Å². The lowest BCUT2D eigenvalue weighted by atomic mass is 10.1. The molecule has 0 fully saturated rings. The third-order valence-corrected chi connectivity index (χ3v) is 2.21. The minimum Gasteiger partial charge on any atom is -0.475 e. The number of fused-ring (bicyclic) bond motifs is 1. The highest BCUT2D eigenvalue weighted by Crippen LogP contribution is 2.14. The minimum absolute atomic E-state index is 0.163. The van der Waals surface area contributed by atoms with E-state index >= 15 is 0 Å². The fourth-order valence-electron chi connectivity index (χ4n) is 1.45. The molecule has 18 heavy (non-hydrogen) atoms. The van der Waals surface area contributed by atoms with Gasteiger partial charge in [0.1, 0.15) is 5.58 Å². The van der Waals surface area contributed by atoms with Crippen molar-refractivity contribution in [3.63, 3.8) is 0 Å². The number of hydrogen-bond acceptors (Lipinski definition) is 4. The Balaban J connectivity index is 2.69. The summed E-state index contributed by atoms with van der Waals surface area (Å²) < 4.78 is 5.05. The molecule has 88 valence electrons. The predicted octanol–water partition coefficient (Wildman–Crippen LogP) is 1.04. The molecular weight excluding hydrogens is 236 g/mol. The highest BCUT2D eigenvalue weighted by molar-refractivity contribution is 5.87. The number of aromatic carboxylic acids is 1. The predicted molar refractivity (Wildman–Crippen MR) is 62.4 cm³/mol. The molecule has 0 saturated carbocycles. The lowest BCUT2D eigenvalue weighted by molar-refractivity contribution is -0.103. The van der Waals surface area contributed by atoms with Gasteiger partial charge in [-0.25, -0.2) is 4.79 Å². The van der Waals surface area contributed by atoms with Crippen LogP contribution in [-0.2, 0) is 4.79 Å². The maximum Gasteiger partial charge on any atom is 0.371 e. The molecule has 0 atom stereocenters. The molecule has 0 bridgehead atoms. The van der Waals surface area contributed by atoms with Crippen LogP contribution < -0.4 is 5.43 Å². The molecule has 0 radical (unpaired) electrons. The van der Waals surface area contributed by atoms with Crippen LogP contribution in [0.2, 0.25) is 0 Å². The van der Waals surface area contributed by atoms with Crippen LogP contribution in [0.1, 0.15) is 16.1 Å². The Hall–Kier alpha value is -2.87. The molecule has 2 aromatic rings. The van der Waals surface area contributed by atoms with Gasteiger partial charge in [-0.3, -0.25) is 9.59 Å². The number of rotatable bonds is 1. The van der Waals surface area contributed by atoms with Crippen LogP contribution >= 0.6 is 0 Å². The first-order valence-corrected chi connectivity index (χ1v) is 4.88. The van der Waals surface area contributed by atoms with E-state index in [2.05, 4.69) is 11.8 Å². The third kappa shape index (κ3) is 2.13. The molecule has 0 aliphatic heterocycles. The maximum atomic E-state index is 11.7. The molecule has 1 aromatic heterocycles. The largest absolute Gasteiger partial charge is 0.475 e. The first kappa shape index (κ1) is 11.6. The Morgan fingerprint density at radius 3 is 2.78 bits per heavy atom. The summed E-state index contributed by atoms with van der Waals surface area (Å²) in [5, 5.41) is 8.97. The number of carbonyl (C=O) groups is 2. The Morgan fingerprint density at radius 1 is 1.33 bits per heavy atom. The zero-order chi connectivity index (χ0) is 13.1. The standard InChI is InChI=1S/C13H6O5/c14-5-1-2-8-3-4-11-9(6-8)10(15)7-12(18-11)13(16)17/h3-7H,(H,16,17). The zero-order valence-electron chi connectivity index (χ0n) is 8.97. The van der Waals surface area contributed by atoms with Gasteiger partial charge in [0, 0.05) is 11.6 Å². The van der Waals surface area contributed by atoms with Crippen LogP contribution in [0.4, 0.5) is 0 Å². The second-order valence-electron chi connectivity index (χ2n) is 3.38. The second-order valence-corrected chi connectivity index (χ2v) is 3.38. The first-order valence-electron chi connectivity index (χ1n) is 4.88. The summed E-state index contributed by atoms with van der Waals surface area (Å²) in [7, 11) is 0.